The molecule has 0 aromatic heterocycles. The van der Waals surface area contributed by atoms with Crippen molar-refractivity contribution < 1.29 is 25.2 Å². The molecule has 0 spiro atoms. The summed E-state index contributed by atoms with van der Waals surface area (Å²) in [5.41, 5.74) is 0. The minimum atomic E-state index is -0.772. The fourth-order valence-corrected chi connectivity index (χ4v) is 0.993. The molecule has 0 aliphatic carbocycles. The van der Waals surface area contributed by atoms with E-state index in [4.69, 9.17) is 14.9 Å². The summed E-state index contributed by atoms with van der Waals surface area (Å²) in [7, 11) is 0. The molecule has 0 heterocycles. The van der Waals surface area contributed by atoms with Crippen molar-refractivity contribution >= 4 is 0 Å². The van der Waals surface area contributed by atoms with Crippen LogP contribution in [0.4, 0.5) is 0 Å². The molecule has 4 N–H and O–H groups in total. The zero-order valence-electron chi connectivity index (χ0n) is 9.33. The van der Waals surface area contributed by atoms with Crippen molar-refractivity contribution in [3.63, 3.8) is 0 Å². The summed E-state index contributed by atoms with van der Waals surface area (Å²) in [6.07, 6.45) is -2.32. The van der Waals surface area contributed by atoms with Crippen molar-refractivity contribution in [2.75, 3.05) is 13.2 Å². The van der Waals surface area contributed by atoms with Crippen LogP contribution in [0.15, 0.2) is 0 Å². The van der Waals surface area contributed by atoms with Crippen molar-refractivity contribution in [1.29, 1.82) is 0 Å². The number of hydrogen-bond acceptors (Lipinski definition) is 5. The molecule has 5 nitrogen and oxygen atoms in total. The molecular formula is C10H22O5. The largest absolute Gasteiger partial charge is 0.391 e. The molecule has 0 bridgehead atoms. The highest BCUT2D eigenvalue weighted by Crippen LogP contribution is 2.01. The highest BCUT2D eigenvalue weighted by atomic mass is 16.5. The van der Waals surface area contributed by atoms with Gasteiger partial charge in [0.25, 0.3) is 0 Å². The van der Waals surface area contributed by atoms with Crippen LogP contribution in [0, 0.1) is 0 Å². The zero-order valence-corrected chi connectivity index (χ0v) is 9.33. The summed E-state index contributed by atoms with van der Waals surface area (Å²) >= 11 is 0. The monoisotopic (exact) mass is 222 g/mol. The van der Waals surface area contributed by atoms with E-state index in [1.165, 1.54) is 13.8 Å². The number of hydrogen-bond donors (Lipinski definition) is 4. The Morgan fingerprint density at radius 1 is 0.800 bits per heavy atom. The first-order valence-electron chi connectivity index (χ1n) is 5.25. The molecule has 4 atom stereocenters. The predicted molar refractivity (Wildman–Crippen MR) is 55.4 cm³/mol. The molecule has 0 aromatic rings. The second-order valence-electron chi connectivity index (χ2n) is 3.81. The van der Waals surface area contributed by atoms with Gasteiger partial charge in [0.05, 0.1) is 24.4 Å². The fourth-order valence-electron chi connectivity index (χ4n) is 0.993. The quantitative estimate of drug-likeness (QED) is 0.406. The van der Waals surface area contributed by atoms with Crippen molar-refractivity contribution in [2.24, 2.45) is 0 Å². The van der Waals surface area contributed by atoms with Crippen LogP contribution in [0.3, 0.4) is 0 Å². The second kappa shape index (κ2) is 8.01. The third-order valence-electron chi connectivity index (χ3n) is 2.23. The third-order valence-corrected chi connectivity index (χ3v) is 2.23. The Bertz CT molecular complexity index is 133. The Morgan fingerprint density at radius 2 is 1.13 bits per heavy atom. The molecule has 15 heavy (non-hydrogen) atoms. The summed E-state index contributed by atoms with van der Waals surface area (Å²) < 4.78 is 5.13. The van der Waals surface area contributed by atoms with Crippen LogP contribution < -0.4 is 0 Å². The Kier molecular flexibility index (Phi) is 7.90. The first kappa shape index (κ1) is 14.8. The lowest BCUT2D eigenvalue weighted by Crippen LogP contribution is -2.26. The van der Waals surface area contributed by atoms with E-state index >= 15 is 0 Å². The van der Waals surface area contributed by atoms with Gasteiger partial charge in [-0.15, -0.1) is 0 Å². The Balaban J connectivity index is 3.32. The van der Waals surface area contributed by atoms with E-state index in [1.54, 1.807) is 0 Å². The minimum Gasteiger partial charge on any atom is -0.391 e. The van der Waals surface area contributed by atoms with Gasteiger partial charge < -0.3 is 25.2 Å². The van der Waals surface area contributed by atoms with Gasteiger partial charge >= 0.3 is 0 Å². The fraction of sp³-hybridized carbons (Fsp3) is 1.00. The van der Waals surface area contributed by atoms with Gasteiger partial charge in [0.15, 0.2) is 0 Å². The lowest BCUT2D eigenvalue weighted by molar-refractivity contribution is -0.0132. The van der Waals surface area contributed by atoms with Gasteiger partial charge in [0.1, 0.15) is 0 Å². The summed E-state index contributed by atoms with van der Waals surface area (Å²) in [6, 6.07) is 0. The van der Waals surface area contributed by atoms with Crippen molar-refractivity contribution in [3.05, 3.63) is 0 Å². The smallest absolute Gasteiger partial charge is 0.0818 e. The third kappa shape index (κ3) is 7.70. The van der Waals surface area contributed by atoms with E-state index < -0.39 is 24.4 Å². The highest BCUT2D eigenvalue weighted by molar-refractivity contribution is 4.62. The van der Waals surface area contributed by atoms with Crippen molar-refractivity contribution in [3.8, 4) is 0 Å². The zero-order chi connectivity index (χ0) is 11.8. The molecular weight excluding hydrogens is 200 g/mol. The number of ether oxygens (including phenoxy) is 1. The number of aliphatic hydroxyl groups excluding tert-OH is 4. The summed E-state index contributed by atoms with van der Waals surface area (Å²) in [5.74, 6) is 0. The molecule has 4 unspecified atom stereocenters. The average molecular weight is 222 g/mol. The summed E-state index contributed by atoms with van der Waals surface area (Å²) in [6.45, 7) is 3.70. The SMILES string of the molecule is CC(O)C(O)CCOCCC(O)C(C)O. The normalized spacial score (nSPS) is 19.6. The molecule has 5 heteroatoms. The molecule has 0 radical (unpaired) electrons. The molecule has 0 amide bonds. The van der Waals surface area contributed by atoms with E-state index in [9.17, 15) is 10.2 Å². The van der Waals surface area contributed by atoms with Crippen molar-refractivity contribution in [2.45, 2.75) is 51.1 Å². The molecule has 0 saturated heterocycles. The highest BCUT2D eigenvalue weighted by Gasteiger charge is 2.12. The van der Waals surface area contributed by atoms with Crippen LogP contribution in [0.25, 0.3) is 0 Å². The Morgan fingerprint density at radius 3 is 1.40 bits per heavy atom. The standard InChI is InChI=1S/C10H22O5/c1-7(11)9(13)3-5-15-6-4-10(14)8(2)12/h7-14H,3-6H2,1-2H3. The topological polar surface area (TPSA) is 90.2 Å². The van der Waals surface area contributed by atoms with Gasteiger partial charge in [0.2, 0.25) is 0 Å². The van der Waals surface area contributed by atoms with Gasteiger partial charge in [0, 0.05) is 13.2 Å². The molecule has 0 saturated carbocycles. The van der Waals surface area contributed by atoms with Gasteiger partial charge in [-0.05, 0) is 26.7 Å². The van der Waals surface area contributed by atoms with Crippen LogP contribution in [0.2, 0.25) is 0 Å². The first-order valence-corrected chi connectivity index (χ1v) is 5.25. The molecule has 0 aliphatic rings. The Hall–Kier alpha value is -0.200. The molecule has 92 valence electrons. The van der Waals surface area contributed by atoms with Crippen LogP contribution in [0.5, 0.6) is 0 Å². The van der Waals surface area contributed by atoms with Crippen LogP contribution in [0.1, 0.15) is 26.7 Å². The maximum absolute atomic E-state index is 9.20. The average Bonchev–Trinajstić information content (AvgIpc) is 2.16. The molecule has 0 fully saturated rings. The number of rotatable bonds is 8. The van der Waals surface area contributed by atoms with E-state index in [2.05, 4.69) is 0 Å². The maximum Gasteiger partial charge on any atom is 0.0818 e. The maximum atomic E-state index is 9.20. The lowest BCUT2D eigenvalue weighted by Gasteiger charge is -2.15. The van der Waals surface area contributed by atoms with E-state index in [0.29, 0.717) is 26.1 Å². The van der Waals surface area contributed by atoms with E-state index in [-0.39, 0.29) is 0 Å². The van der Waals surface area contributed by atoms with Gasteiger partial charge in [-0.2, -0.15) is 0 Å². The summed E-state index contributed by atoms with van der Waals surface area (Å²) in [4.78, 5) is 0. The van der Waals surface area contributed by atoms with Crippen LogP contribution >= 0.6 is 0 Å². The molecule has 0 aromatic carbocycles. The van der Waals surface area contributed by atoms with E-state index in [0.717, 1.165) is 0 Å². The van der Waals surface area contributed by atoms with Gasteiger partial charge in [-0.1, -0.05) is 0 Å². The minimum absolute atomic E-state index is 0.332. The molecule has 0 aliphatic heterocycles. The number of aliphatic hydroxyl groups is 4. The molecule has 0 rings (SSSR count). The predicted octanol–water partition coefficient (Wildman–Crippen LogP) is -0.733. The van der Waals surface area contributed by atoms with Crippen LogP contribution in [-0.2, 0) is 4.74 Å². The van der Waals surface area contributed by atoms with E-state index in [1.807, 2.05) is 0 Å². The van der Waals surface area contributed by atoms with Crippen molar-refractivity contribution in [1.82, 2.24) is 0 Å². The summed E-state index contributed by atoms with van der Waals surface area (Å²) in [5, 5.41) is 36.3. The first-order chi connectivity index (χ1) is 6.95. The second-order valence-corrected chi connectivity index (χ2v) is 3.81. The van der Waals surface area contributed by atoms with Gasteiger partial charge in [-0.25, -0.2) is 0 Å². The van der Waals surface area contributed by atoms with Crippen LogP contribution in [-0.4, -0.2) is 58.1 Å². The lowest BCUT2D eigenvalue weighted by atomic mass is 10.1. The van der Waals surface area contributed by atoms with Gasteiger partial charge in [-0.3, -0.25) is 0 Å². The Labute approximate surface area is 90.3 Å².